The third-order valence-corrected chi connectivity index (χ3v) is 6.22. The van der Waals surface area contributed by atoms with Crippen LogP contribution in [-0.4, -0.2) is 57.9 Å². The van der Waals surface area contributed by atoms with Crippen LogP contribution >= 0.6 is 0 Å². The van der Waals surface area contributed by atoms with Gasteiger partial charge in [-0.05, 0) is 24.6 Å². The lowest BCUT2D eigenvalue weighted by Crippen LogP contribution is -2.49. The van der Waals surface area contributed by atoms with Gasteiger partial charge in [0.15, 0.2) is 5.65 Å². The average Bonchev–Trinajstić information content (AvgIpc) is 3.23. The number of aromatic nitrogens is 3. The molecule has 5 rings (SSSR count). The van der Waals surface area contributed by atoms with Crippen molar-refractivity contribution in [2.24, 2.45) is 0 Å². The van der Waals surface area contributed by atoms with Crippen molar-refractivity contribution in [2.45, 2.75) is 13.3 Å². The molecule has 33 heavy (non-hydrogen) atoms. The molecular formula is C26H28N6O. The van der Waals surface area contributed by atoms with E-state index in [2.05, 4.69) is 58.5 Å². The average molecular weight is 441 g/mol. The number of aryl methyl sites for hydroxylation is 1. The fourth-order valence-corrected chi connectivity index (χ4v) is 4.40. The number of benzene rings is 2. The first-order valence-electron chi connectivity index (χ1n) is 11.4. The molecule has 7 nitrogen and oxygen atoms in total. The van der Waals surface area contributed by atoms with Gasteiger partial charge in [-0.2, -0.15) is 0 Å². The molecule has 0 unspecified atom stereocenters. The predicted octanol–water partition coefficient (Wildman–Crippen LogP) is 3.86. The number of amides is 1. The number of hydrogen-bond donors (Lipinski definition) is 1. The summed E-state index contributed by atoms with van der Waals surface area (Å²) in [5.41, 5.74) is 5.11. The molecule has 1 amide bonds. The van der Waals surface area contributed by atoms with Crippen molar-refractivity contribution in [1.82, 2.24) is 19.3 Å². The molecule has 7 heteroatoms. The van der Waals surface area contributed by atoms with Crippen LogP contribution < -0.4 is 10.2 Å². The van der Waals surface area contributed by atoms with E-state index in [1.165, 1.54) is 5.69 Å². The first kappa shape index (κ1) is 21.0. The Hall–Kier alpha value is -3.87. The molecule has 168 valence electrons. The van der Waals surface area contributed by atoms with Crippen LogP contribution in [0.1, 0.15) is 12.0 Å². The lowest BCUT2D eigenvalue weighted by Gasteiger charge is -2.36. The molecule has 1 saturated heterocycles. The quantitative estimate of drug-likeness (QED) is 0.493. The number of hydrogen-bond acceptors (Lipinski definition) is 5. The van der Waals surface area contributed by atoms with Gasteiger partial charge < -0.3 is 15.1 Å². The first-order valence-corrected chi connectivity index (χ1v) is 11.4. The van der Waals surface area contributed by atoms with E-state index in [-0.39, 0.29) is 5.91 Å². The summed E-state index contributed by atoms with van der Waals surface area (Å²) in [6.45, 7) is 5.86. The molecule has 0 aliphatic carbocycles. The Labute approximate surface area is 193 Å². The van der Waals surface area contributed by atoms with Crippen molar-refractivity contribution in [3.63, 3.8) is 0 Å². The van der Waals surface area contributed by atoms with Gasteiger partial charge in [0.05, 0.1) is 6.20 Å². The van der Waals surface area contributed by atoms with Crippen molar-refractivity contribution >= 4 is 23.1 Å². The number of nitrogens with zero attached hydrogens (tertiary/aromatic N) is 5. The fraction of sp³-hybridized carbons (Fsp3) is 0.269. The Kier molecular flexibility index (Phi) is 5.93. The summed E-state index contributed by atoms with van der Waals surface area (Å²) in [7, 11) is 0. The molecule has 0 radical (unpaired) electrons. The van der Waals surface area contributed by atoms with Gasteiger partial charge in [-0.1, -0.05) is 42.5 Å². The van der Waals surface area contributed by atoms with Gasteiger partial charge >= 0.3 is 0 Å². The van der Waals surface area contributed by atoms with E-state index in [4.69, 9.17) is 4.98 Å². The molecule has 4 aromatic rings. The number of carbonyl (C=O) groups is 1. The number of imidazole rings is 1. The summed E-state index contributed by atoms with van der Waals surface area (Å²) in [4.78, 5) is 26.2. The van der Waals surface area contributed by atoms with Gasteiger partial charge in [0.2, 0.25) is 5.91 Å². The van der Waals surface area contributed by atoms with Crippen molar-refractivity contribution in [3.05, 3.63) is 78.8 Å². The molecule has 1 N–H and O–H groups in total. The number of fused-ring (bicyclic) bond motifs is 1. The number of nitrogens with one attached hydrogen (secondary N) is 1. The second-order valence-corrected chi connectivity index (χ2v) is 8.31. The van der Waals surface area contributed by atoms with Gasteiger partial charge in [-0.25, -0.2) is 4.98 Å². The second-order valence-electron chi connectivity index (χ2n) is 8.31. The lowest BCUT2D eigenvalue weighted by atomic mass is 10.1. The maximum atomic E-state index is 12.9. The number of rotatable bonds is 6. The Morgan fingerprint density at radius 2 is 1.76 bits per heavy atom. The molecule has 0 spiro atoms. The predicted molar refractivity (Wildman–Crippen MR) is 132 cm³/mol. The minimum atomic E-state index is 0.183. The highest BCUT2D eigenvalue weighted by Crippen LogP contribution is 2.30. The standard InChI is InChI=1S/C26H28N6O/c1-20-7-5-6-10-22(20)25-26(32-14-13-27-19-23(32)29-25)28-12-11-24(33)31-17-15-30(16-18-31)21-8-3-2-4-9-21/h2-10,13-14,19,28H,11-12,15-18H2,1H3. The van der Waals surface area contributed by atoms with Crippen molar-refractivity contribution < 1.29 is 4.79 Å². The normalized spacial score (nSPS) is 14.0. The van der Waals surface area contributed by atoms with E-state index in [0.29, 0.717) is 13.0 Å². The molecule has 1 aliphatic rings. The molecule has 0 saturated carbocycles. The van der Waals surface area contributed by atoms with Gasteiger partial charge in [-0.15, -0.1) is 0 Å². The molecule has 3 heterocycles. The maximum Gasteiger partial charge on any atom is 0.224 e. The monoisotopic (exact) mass is 440 g/mol. The summed E-state index contributed by atoms with van der Waals surface area (Å²) in [6.07, 6.45) is 5.84. The van der Waals surface area contributed by atoms with Crippen molar-refractivity contribution in [2.75, 3.05) is 42.9 Å². The maximum absolute atomic E-state index is 12.9. The number of carbonyl (C=O) groups excluding carboxylic acids is 1. The molecule has 1 aliphatic heterocycles. The lowest BCUT2D eigenvalue weighted by molar-refractivity contribution is -0.131. The highest BCUT2D eigenvalue weighted by Gasteiger charge is 2.21. The summed E-state index contributed by atoms with van der Waals surface area (Å²) in [5, 5.41) is 3.48. The van der Waals surface area contributed by atoms with Gasteiger partial charge in [-0.3, -0.25) is 14.2 Å². The Morgan fingerprint density at radius 1 is 1.00 bits per heavy atom. The van der Waals surface area contributed by atoms with E-state index in [0.717, 1.165) is 54.5 Å². The minimum Gasteiger partial charge on any atom is -0.369 e. The van der Waals surface area contributed by atoms with Crippen LogP contribution in [0.4, 0.5) is 11.5 Å². The fourth-order valence-electron chi connectivity index (χ4n) is 4.40. The van der Waals surface area contributed by atoms with Gasteiger partial charge in [0.1, 0.15) is 11.5 Å². The van der Waals surface area contributed by atoms with Crippen LogP contribution in [0, 0.1) is 6.92 Å². The third kappa shape index (κ3) is 4.39. The molecule has 0 atom stereocenters. The van der Waals surface area contributed by atoms with Gasteiger partial charge in [0, 0.05) is 62.8 Å². The van der Waals surface area contributed by atoms with Crippen LogP contribution in [-0.2, 0) is 4.79 Å². The zero-order valence-electron chi connectivity index (χ0n) is 18.8. The van der Waals surface area contributed by atoms with E-state index >= 15 is 0 Å². The second kappa shape index (κ2) is 9.32. The summed E-state index contributed by atoms with van der Waals surface area (Å²) >= 11 is 0. The highest BCUT2D eigenvalue weighted by molar-refractivity contribution is 5.80. The largest absolute Gasteiger partial charge is 0.369 e. The van der Waals surface area contributed by atoms with Crippen LogP contribution in [0.3, 0.4) is 0 Å². The summed E-state index contributed by atoms with van der Waals surface area (Å²) < 4.78 is 2.00. The minimum absolute atomic E-state index is 0.183. The topological polar surface area (TPSA) is 65.8 Å². The van der Waals surface area contributed by atoms with Crippen molar-refractivity contribution in [1.29, 1.82) is 0 Å². The van der Waals surface area contributed by atoms with E-state index in [9.17, 15) is 4.79 Å². The van der Waals surface area contributed by atoms with Crippen LogP contribution in [0.15, 0.2) is 73.2 Å². The van der Waals surface area contributed by atoms with E-state index in [1.54, 1.807) is 12.4 Å². The molecule has 1 fully saturated rings. The zero-order valence-corrected chi connectivity index (χ0v) is 18.8. The Morgan fingerprint density at radius 3 is 2.55 bits per heavy atom. The summed E-state index contributed by atoms with van der Waals surface area (Å²) in [5.74, 6) is 1.08. The SMILES string of the molecule is Cc1ccccc1-c1nc2cnccn2c1NCCC(=O)N1CCN(c2ccccc2)CC1. The third-order valence-electron chi connectivity index (χ3n) is 6.22. The highest BCUT2D eigenvalue weighted by atomic mass is 16.2. The number of anilines is 2. The molecule has 0 bridgehead atoms. The molecule has 2 aromatic carbocycles. The summed E-state index contributed by atoms with van der Waals surface area (Å²) in [6, 6.07) is 18.6. The van der Waals surface area contributed by atoms with Crippen LogP contribution in [0.5, 0.6) is 0 Å². The van der Waals surface area contributed by atoms with Crippen LogP contribution in [0.2, 0.25) is 0 Å². The molecule has 2 aromatic heterocycles. The number of para-hydroxylation sites is 1. The van der Waals surface area contributed by atoms with E-state index < -0.39 is 0 Å². The Balaban J connectivity index is 1.24. The van der Waals surface area contributed by atoms with Crippen molar-refractivity contribution in [3.8, 4) is 11.3 Å². The van der Waals surface area contributed by atoms with Crippen LogP contribution in [0.25, 0.3) is 16.9 Å². The smallest absolute Gasteiger partial charge is 0.224 e. The first-order chi connectivity index (χ1) is 16.2. The van der Waals surface area contributed by atoms with E-state index in [1.807, 2.05) is 33.7 Å². The molecular weight excluding hydrogens is 412 g/mol. The zero-order chi connectivity index (χ0) is 22.6. The Bertz CT molecular complexity index is 1240. The number of piperazine rings is 1. The van der Waals surface area contributed by atoms with Gasteiger partial charge in [0.25, 0.3) is 0 Å².